The van der Waals surface area contributed by atoms with Crippen LogP contribution in [0, 0.1) is 5.92 Å². The van der Waals surface area contributed by atoms with E-state index in [1.54, 1.807) is 7.11 Å². The molecule has 1 aliphatic heterocycles. The number of aliphatic carboxylic acids is 1. The van der Waals surface area contributed by atoms with Gasteiger partial charge in [0.2, 0.25) is 5.91 Å². The standard InChI is InChI=1S/C12H22N2O4/c1-8-5-6-13-10(8)11(15)14-9(12(16)17)4-3-7-18-2/h8-10,13H,3-7H2,1-2H3,(H,14,15)(H,16,17). The van der Waals surface area contributed by atoms with E-state index in [4.69, 9.17) is 9.84 Å². The van der Waals surface area contributed by atoms with Crippen LogP contribution < -0.4 is 10.6 Å². The van der Waals surface area contributed by atoms with E-state index in [0.717, 1.165) is 13.0 Å². The largest absolute Gasteiger partial charge is 0.480 e. The fourth-order valence-corrected chi connectivity index (χ4v) is 2.14. The minimum absolute atomic E-state index is 0.218. The maximum Gasteiger partial charge on any atom is 0.326 e. The lowest BCUT2D eigenvalue weighted by molar-refractivity contribution is -0.142. The van der Waals surface area contributed by atoms with Crippen molar-refractivity contribution < 1.29 is 19.4 Å². The Bertz CT molecular complexity index is 296. The fourth-order valence-electron chi connectivity index (χ4n) is 2.14. The Kier molecular flexibility index (Phi) is 6.07. The van der Waals surface area contributed by atoms with Gasteiger partial charge in [0.05, 0.1) is 6.04 Å². The van der Waals surface area contributed by atoms with Crippen LogP contribution in [0.3, 0.4) is 0 Å². The lowest BCUT2D eigenvalue weighted by Gasteiger charge is -2.19. The third-order valence-electron chi connectivity index (χ3n) is 3.27. The van der Waals surface area contributed by atoms with Crippen molar-refractivity contribution in [2.75, 3.05) is 20.3 Å². The van der Waals surface area contributed by atoms with Gasteiger partial charge in [0.15, 0.2) is 0 Å². The number of amides is 1. The van der Waals surface area contributed by atoms with Crippen LogP contribution in [0.2, 0.25) is 0 Å². The molecule has 0 saturated carbocycles. The summed E-state index contributed by atoms with van der Waals surface area (Å²) in [5, 5.41) is 14.7. The van der Waals surface area contributed by atoms with E-state index < -0.39 is 12.0 Å². The average Bonchev–Trinajstić information content (AvgIpc) is 2.74. The van der Waals surface area contributed by atoms with E-state index in [1.165, 1.54) is 0 Å². The summed E-state index contributed by atoms with van der Waals surface area (Å²) in [5.74, 6) is -0.965. The number of rotatable bonds is 7. The highest BCUT2D eigenvalue weighted by atomic mass is 16.5. The van der Waals surface area contributed by atoms with E-state index in [1.807, 2.05) is 6.92 Å². The zero-order valence-electron chi connectivity index (χ0n) is 10.9. The highest BCUT2D eigenvalue weighted by Gasteiger charge is 2.31. The number of nitrogens with one attached hydrogen (secondary N) is 2. The van der Waals surface area contributed by atoms with Crippen molar-refractivity contribution in [2.45, 2.75) is 38.3 Å². The smallest absolute Gasteiger partial charge is 0.326 e. The maximum atomic E-state index is 11.9. The summed E-state index contributed by atoms with van der Waals surface area (Å²) in [5.41, 5.74) is 0. The molecule has 3 unspecified atom stereocenters. The van der Waals surface area contributed by atoms with Crippen LogP contribution in [0.4, 0.5) is 0 Å². The Morgan fingerprint density at radius 1 is 1.56 bits per heavy atom. The van der Waals surface area contributed by atoms with Crippen molar-refractivity contribution >= 4 is 11.9 Å². The van der Waals surface area contributed by atoms with Crippen LogP contribution in [-0.4, -0.2) is 49.3 Å². The predicted molar refractivity (Wildman–Crippen MR) is 66.2 cm³/mol. The lowest BCUT2D eigenvalue weighted by atomic mass is 10.0. The summed E-state index contributed by atoms with van der Waals surface area (Å²) in [6, 6.07) is -1.10. The van der Waals surface area contributed by atoms with Crippen LogP contribution in [0.1, 0.15) is 26.2 Å². The Morgan fingerprint density at radius 2 is 2.28 bits per heavy atom. The molecule has 6 heteroatoms. The van der Waals surface area contributed by atoms with Crippen molar-refractivity contribution in [3.8, 4) is 0 Å². The van der Waals surface area contributed by atoms with Gasteiger partial charge in [-0.3, -0.25) is 4.79 Å². The molecule has 1 rings (SSSR count). The highest BCUT2D eigenvalue weighted by molar-refractivity contribution is 5.87. The number of methoxy groups -OCH3 is 1. The first kappa shape index (κ1) is 14.9. The van der Waals surface area contributed by atoms with Gasteiger partial charge in [0.1, 0.15) is 6.04 Å². The first-order valence-corrected chi connectivity index (χ1v) is 6.31. The van der Waals surface area contributed by atoms with E-state index in [2.05, 4.69) is 10.6 Å². The van der Waals surface area contributed by atoms with Gasteiger partial charge in [-0.1, -0.05) is 6.92 Å². The summed E-state index contributed by atoms with van der Waals surface area (Å²) in [6.07, 6.45) is 1.94. The normalized spacial score (nSPS) is 24.8. The zero-order chi connectivity index (χ0) is 13.5. The third kappa shape index (κ3) is 4.27. The van der Waals surface area contributed by atoms with E-state index in [0.29, 0.717) is 19.4 Å². The molecule has 6 nitrogen and oxygen atoms in total. The SMILES string of the molecule is COCCCC(NC(=O)C1NCCC1C)C(=O)O. The van der Waals surface area contributed by atoms with Crippen molar-refractivity contribution in [3.05, 3.63) is 0 Å². The Hall–Kier alpha value is -1.14. The number of carboxylic acids is 1. The Labute approximate surface area is 107 Å². The van der Waals surface area contributed by atoms with Crippen LogP contribution in [-0.2, 0) is 14.3 Å². The van der Waals surface area contributed by atoms with E-state index in [9.17, 15) is 9.59 Å². The topological polar surface area (TPSA) is 87.7 Å². The predicted octanol–water partition coefficient (Wildman–Crippen LogP) is -0.0196. The van der Waals surface area contributed by atoms with Gasteiger partial charge in [-0.2, -0.15) is 0 Å². The number of carbonyl (C=O) groups is 2. The molecular weight excluding hydrogens is 236 g/mol. The molecule has 1 fully saturated rings. The highest BCUT2D eigenvalue weighted by Crippen LogP contribution is 2.14. The minimum atomic E-state index is -0.995. The summed E-state index contributed by atoms with van der Waals surface area (Å²) >= 11 is 0. The number of hydrogen-bond acceptors (Lipinski definition) is 4. The van der Waals surface area contributed by atoms with Crippen LogP contribution in [0.25, 0.3) is 0 Å². The molecule has 1 heterocycles. The van der Waals surface area contributed by atoms with Crippen molar-refractivity contribution in [3.63, 3.8) is 0 Å². The van der Waals surface area contributed by atoms with Gasteiger partial charge in [-0.25, -0.2) is 4.79 Å². The number of ether oxygens (including phenoxy) is 1. The molecule has 0 aromatic carbocycles. The Morgan fingerprint density at radius 3 is 2.78 bits per heavy atom. The molecule has 0 bridgehead atoms. The van der Waals surface area contributed by atoms with Gasteiger partial charge >= 0.3 is 5.97 Å². The third-order valence-corrected chi connectivity index (χ3v) is 3.27. The second-order valence-corrected chi connectivity index (χ2v) is 4.73. The molecule has 0 spiro atoms. The zero-order valence-corrected chi connectivity index (χ0v) is 10.9. The van der Waals surface area contributed by atoms with Gasteiger partial charge in [-0.05, 0) is 31.7 Å². The number of hydrogen-bond donors (Lipinski definition) is 3. The average molecular weight is 258 g/mol. The van der Waals surface area contributed by atoms with Crippen LogP contribution in [0.5, 0.6) is 0 Å². The number of carbonyl (C=O) groups excluding carboxylic acids is 1. The first-order valence-electron chi connectivity index (χ1n) is 6.31. The van der Waals surface area contributed by atoms with Crippen LogP contribution >= 0.6 is 0 Å². The van der Waals surface area contributed by atoms with E-state index >= 15 is 0 Å². The molecule has 0 radical (unpaired) electrons. The minimum Gasteiger partial charge on any atom is -0.480 e. The second-order valence-electron chi connectivity index (χ2n) is 4.73. The van der Waals surface area contributed by atoms with Crippen molar-refractivity contribution in [1.29, 1.82) is 0 Å². The first-order chi connectivity index (χ1) is 8.56. The second kappa shape index (κ2) is 7.33. The molecule has 0 aromatic rings. The fraction of sp³-hybridized carbons (Fsp3) is 0.833. The van der Waals surface area contributed by atoms with Gasteiger partial charge < -0.3 is 20.5 Å². The monoisotopic (exact) mass is 258 g/mol. The van der Waals surface area contributed by atoms with Crippen molar-refractivity contribution in [2.24, 2.45) is 5.92 Å². The molecule has 104 valence electrons. The molecule has 3 atom stereocenters. The molecular formula is C12H22N2O4. The van der Waals surface area contributed by atoms with Gasteiger partial charge in [-0.15, -0.1) is 0 Å². The number of carboxylic acid groups (broad SMARTS) is 1. The molecule has 3 N–H and O–H groups in total. The maximum absolute atomic E-state index is 11.9. The summed E-state index contributed by atoms with van der Waals surface area (Å²) in [7, 11) is 1.57. The molecule has 1 aliphatic rings. The van der Waals surface area contributed by atoms with E-state index in [-0.39, 0.29) is 17.9 Å². The Balaban J connectivity index is 2.44. The van der Waals surface area contributed by atoms with Gasteiger partial charge in [0.25, 0.3) is 0 Å². The summed E-state index contributed by atoms with van der Waals surface area (Å²) in [6.45, 7) is 3.29. The quantitative estimate of drug-likeness (QED) is 0.559. The molecule has 0 aromatic heterocycles. The summed E-state index contributed by atoms with van der Waals surface area (Å²) < 4.78 is 4.88. The summed E-state index contributed by atoms with van der Waals surface area (Å²) in [4.78, 5) is 23.0. The lowest BCUT2D eigenvalue weighted by Crippen LogP contribution is -2.49. The van der Waals surface area contributed by atoms with Crippen LogP contribution in [0.15, 0.2) is 0 Å². The van der Waals surface area contributed by atoms with Gasteiger partial charge in [0, 0.05) is 13.7 Å². The molecule has 0 aliphatic carbocycles. The molecule has 18 heavy (non-hydrogen) atoms. The molecule has 1 saturated heterocycles. The molecule has 1 amide bonds. The van der Waals surface area contributed by atoms with Crippen molar-refractivity contribution in [1.82, 2.24) is 10.6 Å².